The normalized spacial score (nSPS) is 18.7. The molecule has 1 amide bonds. The van der Waals surface area contributed by atoms with Crippen molar-refractivity contribution in [2.24, 2.45) is 0 Å². The highest BCUT2D eigenvalue weighted by Crippen LogP contribution is 2.22. The molecule has 0 bridgehead atoms. The van der Waals surface area contributed by atoms with E-state index in [9.17, 15) is 4.79 Å². The fourth-order valence-corrected chi connectivity index (χ4v) is 2.42. The Bertz CT molecular complexity index is 346. The molecule has 1 aliphatic rings. The number of carbonyl (C=O) groups excluding carboxylic acids is 1. The second kappa shape index (κ2) is 7.91. The van der Waals surface area contributed by atoms with Crippen molar-refractivity contribution in [1.82, 2.24) is 4.90 Å². The van der Waals surface area contributed by atoms with Gasteiger partial charge in [-0.25, -0.2) is 0 Å². The highest BCUT2D eigenvalue weighted by molar-refractivity contribution is 5.96. The maximum absolute atomic E-state index is 12.4. The van der Waals surface area contributed by atoms with Crippen molar-refractivity contribution in [3.63, 3.8) is 0 Å². The molecule has 18 heavy (non-hydrogen) atoms. The molecule has 0 aliphatic heterocycles. The molecule has 1 fully saturated rings. The highest BCUT2D eigenvalue weighted by Gasteiger charge is 2.22. The number of likely N-dealkylation sites (N-methyl/N-ethyl adjacent to an activating group) is 1. The van der Waals surface area contributed by atoms with Crippen LogP contribution in [0.5, 0.6) is 0 Å². The largest absolute Gasteiger partial charge is 0.339 e. The van der Waals surface area contributed by atoms with Crippen LogP contribution in [0.4, 0.5) is 0 Å². The van der Waals surface area contributed by atoms with Crippen LogP contribution in [0.2, 0.25) is 0 Å². The lowest BCUT2D eigenvalue weighted by Gasteiger charge is -2.31. The van der Waals surface area contributed by atoms with Gasteiger partial charge in [-0.05, 0) is 32.8 Å². The SMILES string of the molecule is CC=CC=C(C=CC)C(=O)N(C)C1CCCCC1. The van der Waals surface area contributed by atoms with Crippen molar-refractivity contribution in [3.8, 4) is 0 Å². The molecule has 0 aromatic rings. The van der Waals surface area contributed by atoms with Gasteiger partial charge in [-0.15, -0.1) is 0 Å². The molecular formula is C16H25NO. The molecule has 1 saturated carbocycles. The number of hydrogen-bond donors (Lipinski definition) is 0. The van der Waals surface area contributed by atoms with E-state index in [1.54, 1.807) is 0 Å². The van der Waals surface area contributed by atoms with E-state index in [4.69, 9.17) is 0 Å². The van der Waals surface area contributed by atoms with E-state index >= 15 is 0 Å². The van der Waals surface area contributed by atoms with Gasteiger partial charge in [0, 0.05) is 18.7 Å². The lowest BCUT2D eigenvalue weighted by atomic mass is 9.94. The Morgan fingerprint density at radius 3 is 2.33 bits per heavy atom. The van der Waals surface area contributed by atoms with Crippen molar-refractivity contribution in [2.45, 2.75) is 52.0 Å². The summed E-state index contributed by atoms with van der Waals surface area (Å²) in [6, 6.07) is 0.422. The zero-order valence-corrected chi connectivity index (χ0v) is 11.9. The number of rotatable bonds is 4. The van der Waals surface area contributed by atoms with Gasteiger partial charge in [-0.2, -0.15) is 0 Å². The van der Waals surface area contributed by atoms with Crippen LogP contribution in [0.3, 0.4) is 0 Å². The zero-order chi connectivity index (χ0) is 13.4. The molecule has 1 rings (SSSR count). The van der Waals surface area contributed by atoms with E-state index in [1.165, 1.54) is 19.3 Å². The summed E-state index contributed by atoms with van der Waals surface area (Å²) in [4.78, 5) is 14.3. The van der Waals surface area contributed by atoms with Crippen molar-refractivity contribution >= 4 is 5.91 Å². The molecule has 0 aromatic heterocycles. The minimum absolute atomic E-state index is 0.137. The summed E-state index contributed by atoms with van der Waals surface area (Å²) in [6.07, 6.45) is 15.7. The molecule has 0 unspecified atom stereocenters. The van der Waals surface area contributed by atoms with Gasteiger partial charge in [0.1, 0.15) is 0 Å². The number of carbonyl (C=O) groups is 1. The van der Waals surface area contributed by atoms with Gasteiger partial charge in [-0.3, -0.25) is 4.79 Å². The Labute approximate surface area is 111 Å². The fourth-order valence-electron chi connectivity index (χ4n) is 2.42. The van der Waals surface area contributed by atoms with E-state index in [0.29, 0.717) is 6.04 Å². The van der Waals surface area contributed by atoms with Crippen molar-refractivity contribution in [3.05, 3.63) is 36.0 Å². The van der Waals surface area contributed by atoms with Crippen molar-refractivity contribution < 1.29 is 4.79 Å². The summed E-state index contributed by atoms with van der Waals surface area (Å²) < 4.78 is 0. The second-order valence-corrected chi connectivity index (χ2v) is 4.86. The lowest BCUT2D eigenvalue weighted by molar-refractivity contribution is -0.128. The molecule has 0 saturated heterocycles. The Balaban J connectivity index is 2.75. The van der Waals surface area contributed by atoms with Crippen LogP contribution in [0.1, 0.15) is 46.0 Å². The topological polar surface area (TPSA) is 20.3 Å². The smallest absolute Gasteiger partial charge is 0.253 e. The molecule has 1 aliphatic carbocycles. The Morgan fingerprint density at radius 1 is 1.11 bits per heavy atom. The van der Waals surface area contributed by atoms with Crippen LogP contribution >= 0.6 is 0 Å². The summed E-state index contributed by atoms with van der Waals surface area (Å²) in [7, 11) is 1.94. The van der Waals surface area contributed by atoms with E-state index < -0.39 is 0 Å². The molecule has 0 radical (unpaired) electrons. The van der Waals surface area contributed by atoms with Gasteiger partial charge >= 0.3 is 0 Å². The van der Waals surface area contributed by atoms with Crippen molar-refractivity contribution in [2.75, 3.05) is 7.05 Å². The Hall–Kier alpha value is -1.31. The molecule has 2 heteroatoms. The molecule has 2 nitrogen and oxygen atoms in total. The third kappa shape index (κ3) is 4.17. The first-order chi connectivity index (χ1) is 8.70. The first-order valence-electron chi connectivity index (χ1n) is 6.93. The van der Waals surface area contributed by atoms with Crippen LogP contribution in [-0.2, 0) is 4.79 Å². The minimum atomic E-state index is 0.137. The fraction of sp³-hybridized carbons (Fsp3) is 0.562. The molecule has 0 atom stereocenters. The number of amides is 1. The van der Waals surface area contributed by atoms with E-state index in [1.807, 2.05) is 56.2 Å². The third-order valence-corrected chi connectivity index (χ3v) is 3.50. The monoisotopic (exact) mass is 247 g/mol. The quantitative estimate of drug-likeness (QED) is 0.546. The van der Waals surface area contributed by atoms with Gasteiger partial charge in [0.05, 0.1) is 0 Å². The van der Waals surface area contributed by atoms with Crippen LogP contribution in [-0.4, -0.2) is 23.9 Å². The summed E-state index contributed by atoms with van der Waals surface area (Å²) in [5.41, 5.74) is 0.767. The minimum Gasteiger partial charge on any atom is -0.339 e. The van der Waals surface area contributed by atoms with Crippen LogP contribution in [0.25, 0.3) is 0 Å². The van der Waals surface area contributed by atoms with Gasteiger partial charge in [0.2, 0.25) is 0 Å². The molecule has 0 spiro atoms. The second-order valence-electron chi connectivity index (χ2n) is 4.86. The van der Waals surface area contributed by atoms with Gasteiger partial charge in [0.25, 0.3) is 5.91 Å². The third-order valence-electron chi connectivity index (χ3n) is 3.50. The Morgan fingerprint density at radius 2 is 1.78 bits per heavy atom. The molecule has 0 N–H and O–H groups in total. The molecule has 100 valence electrons. The van der Waals surface area contributed by atoms with E-state index in [0.717, 1.165) is 18.4 Å². The standard InChI is InChI=1S/C16H25NO/c1-4-6-11-14(10-5-2)16(18)17(3)15-12-8-7-9-13-15/h4-6,10-11,15H,7-9,12-13H2,1-3H3. The van der Waals surface area contributed by atoms with Gasteiger partial charge in [-0.1, -0.05) is 43.6 Å². The molecular weight excluding hydrogens is 222 g/mol. The number of nitrogens with zero attached hydrogens (tertiary/aromatic N) is 1. The molecule has 0 heterocycles. The van der Waals surface area contributed by atoms with Crippen LogP contribution in [0.15, 0.2) is 36.0 Å². The average Bonchev–Trinajstić information content (AvgIpc) is 2.43. The summed E-state index contributed by atoms with van der Waals surface area (Å²) in [6.45, 7) is 3.90. The lowest BCUT2D eigenvalue weighted by Crippen LogP contribution is -2.38. The van der Waals surface area contributed by atoms with Crippen LogP contribution in [0, 0.1) is 0 Å². The predicted octanol–water partition coefficient (Wildman–Crippen LogP) is 3.86. The summed E-state index contributed by atoms with van der Waals surface area (Å²) in [5.74, 6) is 0.137. The maximum atomic E-state index is 12.4. The average molecular weight is 247 g/mol. The number of allylic oxidation sites excluding steroid dienone is 4. The summed E-state index contributed by atoms with van der Waals surface area (Å²) in [5, 5.41) is 0. The van der Waals surface area contributed by atoms with Gasteiger partial charge in [0.15, 0.2) is 0 Å². The number of hydrogen-bond acceptors (Lipinski definition) is 1. The molecule has 0 aromatic carbocycles. The first kappa shape index (κ1) is 14.7. The Kier molecular flexibility index (Phi) is 6.48. The van der Waals surface area contributed by atoms with Gasteiger partial charge < -0.3 is 4.90 Å². The van der Waals surface area contributed by atoms with E-state index in [2.05, 4.69) is 0 Å². The zero-order valence-electron chi connectivity index (χ0n) is 11.9. The van der Waals surface area contributed by atoms with Crippen molar-refractivity contribution in [1.29, 1.82) is 0 Å². The highest BCUT2D eigenvalue weighted by atomic mass is 16.2. The van der Waals surface area contributed by atoms with Crippen LogP contribution < -0.4 is 0 Å². The first-order valence-corrected chi connectivity index (χ1v) is 6.93. The maximum Gasteiger partial charge on any atom is 0.253 e. The summed E-state index contributed by atoms with van der Waals surface area (Å²) >= 11 is 0. The van der Waals surface area contributed by atoms with E-state index in [-0.39, 0.29) is 5.91 Å². The predicted molar refractivity (Wildman–Crippen MR) is 77.4 cm³/mol.